The maximum Gasteiger partial charge on any atom is 0.415 e. The smallest absolute Gasteiger partial charge is 0.415 e. The zero-order valence-corrected chi connectivity index (χ0v) is 30.1. The fourth-order valence-corrected chi connectivity index (χ4v) is 11.8. The van der Waals surface area contributed by atoms with Gasteiger partial charge < -0.3 is 14.1 Å². The Morgan fingerprint density at radius 3 is 1.87 bits per heavy atom. The third-order valence-corrected chi connectivity index (χ3v) is 14.4. The lowest BCUT2D eigenvalue weighted by atomic mass is 9.86. The predicted octanol–water partition coefficient (Wildman–Crippen LogP) is 8.03. The maximum atomic E-state index is 13.1. The second kappa shape index (κ2) is 15.4. The van der Waals surface area contributed by atoms with Crippen molar-refractivity contribution in [2.45, 2.75) is 85.1 Å². The molecular formula is C40H54N2O3Si. The maximum absolute atomic E-state index is 13.1. The van der Waals surface area contributed by atoms with Crippen LogP contribution in [0.3, 0.4) is 0 Å². The molecule has 1 fully saturated rings. The molecule has 1 heterocycles. The van der Waals surface area contributed by atoms with E-state index in [0.717, 1.165) is 18.7 Å². The molecule has 246 valence electrons. The number of nitrogens with zero attached hydrogens (tertiary/aromatic N) is 2. The minimum atomic E-state index is -2.77. The number of hydrogen-bond donors (Lipinski definition) is 0. The van der Waals surface area contributed by atoms with Crippen LogP contribution in [-0.2, 0) is 15.7 Å². The van der Waals surface area contributed by atoms with E-state index in [-0.39, 0.29) is 41.1 Å². The molecular weight excluding hydrogens is 585 g/mol. The van der Waals surface area contributed by atoms with Gasteiger partial charge in [0.2, 0.25) is 0 Å². The average Bonchev–Trinajstić information content (AvgIpc) is 3.35. The van der Waals surface area contributed by atoms with Crippen molar-refractivity contribution >= 4 is 24.8 Å². The van der Waals surface area contributed by atoms with Crippen molar-refractivity contribution in [1.29, 1.82) is 0 Å². The van der Waals surface area contributed by atoms with Crippen molar-refractivity contribution in [3.8, 4) is 0 Å². The molecule has 0 N–H and O–H groups in total. The van der Waals surface area contributed by atoms with E-state index in [2.05, 4.69) is 136 Å². The molecule has 3 atom stereocenters. The molecule has 3 aromatic rings. The molecule has 1 amide bonds. The molecule has 1 aliphatic heterocycles. The zero-order chi connectivity index (χ0) is 33.5. The lowest BCUT2D eigenvalue weighted by Crippen LogP contribution is -2.67. The normalized spacial score (nSPS) is 19.2. The largest absolute Gasteiger partial charge is 0.418 e. The molecule has 0 aliphatic carbocycles. The van der Waals surface area contributed by atoms with Gasteiger partial charge in [0.15, 0.2) is 0 Å². The van der Waals surface area contributed by atoms with Gasteiger partial charge in [0.1, 0.15) is 0 Å². The predicted molar refractivity (Wildman–Crippen MR) is 194 cm³/mol. The van der Waals surface area contributed by atoms with Crippen LogP contribution in [0.15, 0.2) is 115 Å². The Hall–Kier alpha value is -3.45. The van der Waals surface area contributed by atoms with E-state index < -0.39 is 8.32 Å². The van der Waals surface area contributed by atoms with E-state index in [0.29, 0.717) is 6.61 Å². The number of hydrogen-bond acceptors (Lipinski definition) is 4. The summed E-state index contributed by atoms with van der Waals surface area (Å²) < 4.78 is 13.3. The van der Waals surface area contributed by atoms with Crippen molar-refractivity contribution in [3.05, 3.63) is 121 Å². The molecule has 0 unspecified atom stereocenters. The third-order valence-electron chi connectivity index (χ3n) is 9.35. The average molecular weight is 639 g/mol. The molecule has 5 nitrogen and oxygen atoms in total. The molecule has 0 bridgehead atoms. The Bertz CT molecular complexity index is 1390. The van der Waals surface area contributed by atoms with Crippen molar-refractivity contribution in [1.82, 2.24) is 9.80 Å². The summed E-state index contributed by atoms with van der Waals surface area (Å²) in [7, 11) is -2.77. The van der Waals surface area contributed by atoms with Gasteiger partial charge in [-0.25, -0.2) is 4.79 Å². The SMILES string of the molecule is C=C(C)[C@@H]1CN(Cc2ccccc2)[C@H](CO[Si](c2ccccc2)(c2ccccc2)C(C)(C)C)[C@@H]1/C=C\OC(=O)N(C(C)C)C(C)C. The second-order valence-electron chi connectivity index (χ2n) is 14.3. The standard InChI is InChI=1S/C40H54N2O3Si/c1-30(2)37-28-41(27-33-19-13-10-14-20-33)38(36(37)25-26-44-39(43)42(31(3)4)32(5)6)29-45-46(40(7,8)9,34-21-15-11-16-22-34)35-23-17-12-18-24-35/h10-26,31-32,36-38H,1,27-29H2,2-9H3/b26-25-/t36-,37+,38-/m1/s1. The summed E-state index contributed by atoms with van der Waals surface area (Å²) in [4.78, 5) is 17.4. The van der Waals surface area contributed by atoms with Crippen LogP contribution in [0, 0.1) is 11.8 Å². The van der Waals surface area contributed by atoms with E-state index >= 15 is 0 Å². The Morgan fingerprint density at radius 1 is 0.913 bits per heavy atom. The summed E-state index contributed by atoms with van der Waals surface area (Å²) in [6.07, 6.45) is 3.37. The number of benzene rings is 3. The fraction of sp³-hybridized carbons (Fsp3) is 0.425. The van der Waals surface area contributed by atoms with Crippen LogP contribution in [-0.4, -0.2) is 55.5 Å². The first-order valence-corrected chi connectivity index (χ1v) is 18.6. The van der Waals surface area contributed by atoms with Crippen molar-refractivity contribution in [3.63, 3.8) is 0 Å². The molecule has 6 heteroatoms. The lowest BCUT2D eigenvalue weighted by Gasteiger charge is -2.44. The second-order valence-corrected chi connectivity index (χ2v) is 18.6. The topological polar surface area (TPSA) is 42.0 Å². The van der Waals surface area contributed by atoms with Gasteiger partial charge in [-0.1, -0.05) is 124 Å². The number of likely N-dealkylation sites (tertiary alicyclic amines) is 1. The first-order valence-electron chi connectivity index (χ1n) is 16.7. The highest BCUT2D eigenvalue weighted by Crippen LogP contribution is 2.40. The minimum absolute atomic E-state index is 0.0458. The molecule has 4 rings (SSSR count). The minimum Gasteiger partial charge on any atom is -0.418 e. The van der Waals surface area contributed by atoms with E-state index in [9.17, 15) is 4.79 Å². The van der Waals surface area contributed by atoms with Gasteiger partial charge in [-0.05, 0) is 67.6 Å². The molecule has 46 heavy (non-hydrogen) atoms. The number of carbonyl (C=O) groups excluding carboxylic acids is 1. The van der Waals surface area contributed by atoms with E-state index in [1.165, 1.54) is 15.9 Å². The zero-order valence-electron chi connectivity index (χ0n) is 29.1. The van der Waals surface area contributed by atoms with Crippen LogP contribution in [0.4, 0.5) is 4.79 Å². The number of ether oxygens (including phenoxy) is 1. The monoisotopic (exact) mass is 638 g/mol. The van der Waals surface area contributed by atoms with E-state index in [4.69, 9.17) is 9.16 Å². The van der Waals surface area contributed by atoms with Crippen LogP contribution >= 0.6 is 0 Å². The summed E-state index contributed by atoms with van der Waals surface area (Å²) in [5.41, 5.74) is 2.39. The Balaban J connectivity index is 1.75. The highest BCUT2D eigenvalue weighted by atomic mass is 28.4. The van der Waals surface area contributed by atoms with E-state index in [1.54, 1.807) is 11.2 Å². The van der Waals surface area contributed by atoms with Gasteiger partial charge in [-0.2, -0.15) is 0 Å². The Kier molecular flexibility index (Phi) is 11.9. The van der Waals surface area contributed by atoms with Gasteiger partial charge >= 0.3 is 6.09 Å². The van der Waals surface area contributed by atoms with Gasteiger partial charge in [0, 0.05) is 37.1 Å². The summed E-state index contributed by atoms with van der Waals surface area (Å²) in [6.45, 7) is 23.7. The van der Waals surface area contributed by atoms with Crippen LogP contribution in [0.25, 0.3) is 0 Å². The number of amides is 1. The molecule has 0 aromatic heterocycles. The molecule has 0 radical (unpaired) electrons. The van der Waals surface area contributed by atoms with Gasteiger partial charge in [0.05, 0.1) is 12.9 Å². The van der Waals surface area contributed by atoms with Crippen LogP contribution in [0.5, 0.6) is 0 Å². The van der Waals surface area contributed by atoms with Crippen molar-refractivity contribution < 1.29 is 14.0 Å². The summed E-state index contributed by atoms with van der Waals surface area (Å²) in [5, 5.41) is 2.40. The summed E-state index contributed by atoms with van der Waals surface area (Å²) in [6, 6.07) is 32.4. The highest BCUT2D eigenvalue weighted by molar-refractivity contribution is 6.99. The lowest BCUT2D eigenvalue weighted by molar-refractivity contribution is 0.108. The van der Waals surface area contributed by atoms with Gasteiger partial charge in [-0.15, -0.1) is 0 Å². The highest BCUT2D eigenvalue weighted by Gasteiger charge is 2.51. The van der Waals surface area contributed by atoms with Gasteiger partial charge in [-0.3, -0.25) is 4.90 Å². The number of rotatable bonds is 12. The number of carbonyl (C=O) groups is 1. The molecule has 0 saturated carbocycles. The summed E-state index contributed by atoms with van der Waals surface area (Å²) in [5.74, 6) is 0.247. The van der Waals surface area contributed by atoms with Crippen molar-refractivity contribution in [2.75, 3.05) is 13.2 Å². The fourth-order valence-electron chi connectivity index (χ4n) is 7.22. The van der Waals surface area contributed by atoms with Crippen molar-refractivity contribution in [2.24, 2.45) is 11.8 Å². The molecule has 3 aromatic carbocycles. The third kappa shape index (κ3) is 7.91. The Morgan fingerprint density at radius 2 is 1.41 bits per heavy atom. The molecule has 0 spiro atoms. The van der Waals surface area contributed by atoms with Gasteiger partial charge in [0.25, 0.3) is 8.32 Å². The molecule has 1 aliphatic rings. The van der Waals surface area contributed by atoms with E-state index in [1.807, 2.05) is 27.7 Å². The summed E-state index contributed by atoms with van der Waals surface area (Å²) >= 11 is 0. The quantitative estimate of drug-likeness (QED) is 0.114. The van der Waals surface area contributed by atoms with Crippen LogP contribution in [0.2, 0.25) is 5.04 Å². The Labute approximate surface area is 279 Å². The first-order chi connectivity index (χ1) is 21.9. The van der Waals surface area contributed by atoms with Crippen LogP contribution in [0.1, 0.15) is 61.0 Å². The first kappa shape index (κ1) is 35.4. The molecule has 1 saturated heterocycles. The van der Waals surface area contributed by atoms with Crippen LogP contribution < -0.4 is 10.4 Å².